The van der Waals surface area contributed by atoms with Crippen LogP contribution in [0.2, 0.25) is 0 Å². The molecule has 0 amide bonds. The number of rotatable bonds is 2. The molecule has 2 rings (SSSR count). The fraction of sp³-hybridized carbons (Fsp3) is 1.00. The van der Waals surface area contributed by atoms with Crippen molar-refractivity contribution in [2.75, 3.05) is 11.5 Å². The van der Waals surface area contributed by atoms with E-state index in [1.54, 1.807) is 0 Å². The van der Waals surface area contributed by atoms with Crippen LogP contribution in [0.1, 0.15) is 32.1 Å². The molecule has 1 unspecified atom stereocenters. The predicted octanol–water partition coefficient (Wildman–Crippen LogP) is 1.39. The Kier molecular flexibility index (Phi) is 3.52. The highest BCUT2D eigenvalue weighted by Gasteiger charge is 2.27. The zero-order valence-corrected chi connectivity index (χ0v) is 8.85. The summed E-state index contributed by atoms with van der Waals surface area (Å²) in [6, 6.07) is 1.06. The second kappa shape index (κ2) is 4.67. The Labute approximate surface area is 84.5 Å². The third kappa shape index (κ3) is 2.61. The van der Waals surface area contributed by atoms with Gasteiger partial charge in [0, 0.05) is 17.8 Å². The van der Waals surface area contributed by atoms with Crippen LogP contribution in [0.5, 0.6) is 0 Å². The highest BCUT2D eigenvalue weighted by molar-refractivity contribution is 7.99. The van der Waals surface area contributed by atoms with E-state index < -0.39 is 0 Å². The van der Waals surface area contributed by atoms with Crippen molar-refractivity contribution in [3.8, 4) is 0 Å². The summed E-state index contributed by atoms with van der Waals surface area (Å²) in [5.74, 6) is 2.56. The molecule has 3 heteroatoms. The molecule has 0 bridgehead atoms. The Hall–Kier alpha value is 0.270. The molecule has 76 valence electrons. The van der Waals surface area contributed by atoms with Gasteiger partial charge in [0.05, 0.1) is 6.10 Å². The summed E-state index contributed by atoms with van der Waals surface area (Å²) in [6.45, 7) is 0. The molecule has 2 nitrogen and oxygen atoms in total. The summed E-state index contributed by atoms with van der Waals surface area (Å²) < 4.78 is 0. The minimum absolute atomic E-state index is 0.0769. The molecule has 0 spiro atoms. The average molecular weight is 201 g/mol. The van der Waals surface area contributed by atoms with E-state index in [1.807, 2.05) is 11.8 Å². The van der Waals surface area contributed by atoms with Gasteiger partial charge >= 0.3 is 0 Å². The number of nitrogens with one attached hydrogen (secondary N) is 1. The molecule has 2 aliphatic rings. The van der Waals surface area contributed by atoms with E-state index in [-0.39, 0.29) is 6.10 Å². The standard InChI is InChI=1S/C10H19NOS/c12-10-5-1-4-9(10)11-8-3-2-6-13-7-8/h8-12H,1-7H2/t8?,9-,10-/m0/s1. The molecule has 1 aliphatic carbocycles. The molecule has 1 saturated carbocycles. The topological polar surface area (TPSA) is 32.3 Å². The molecular weight excluding hydrogens is 182 g/mol. The van der Waals surface area contributed by atoms with Gasteiger partial charge in [0.25, 0.3) is 0 Å². The van der Waals surface area contributed by atoms with Crippen LogP contribution in [0, 0.1) is 0 Å². The van der Waals surface area contributed by atoms with Gasteiger partial charge in [-0.1, -0.05) is 0 Å². The van der Waals surface area contributed by atoms with E-state index in [0.717, 1.165) is 6.42 Å². The van der Waals surface area contributed by atoms with Crippen LogP contribution < -0.4 is 5.32 Å². The number of hydrogen-bond donors (Lipinski definition) is 2. The first-order chi connectivity index (χ1) is 6.36. The summed E-state index contributed by atoms with van der Waals surface area (Å²) in [4.78, 5) is 0. The van der Waals surface area contributed by atoms with Crippen LogP contribution in [0.3, 0.4) is 0 Å². The van der Waals surface area contributed by atoms with Gasteiger partial charge < -0.3 is 10.4 Å². The molecule has 3 atom stereocenters. The van der Waals surface area contributed by atoms with E-state index >= 15 is 0 Å². The zero-order valence-electron chi connectivity index (χ0n) is 8.04. The van der Waals surface area contributed by atoms with Crippen LogP contribution in [0.15, 0.2) is 0 Å². The third-order valence-electron chi connectivity index (χ3n) is 3.09. The second-order valence-corrected chi connectivity index (χ2v) is 5.34. The molecule has 1 saturated heterocycles. The van der Waals surface area contributed by atoms with Crippen molar-refractivity contribution < 1.29 is 5.11 Å². The number of aliphatic hydroxyl groups is 1. The fourth-order valence-corrected chi connectivity index (χ4v) is 3.39. The number of thioether (sulfide) groups is 1. The molecule has 0 aromatic heterocycles. The first-order valence-corrected chi connectivity index (χ1v) is 6.53. The van der Waals surface area contributed by atoms with Crippen LogP contribution >= 0.6 is 11.8 Å². The Morgan fingerprint density at radius 1 is 1.15 bits per heavy atom. The minimum atomic E-state index is -0.0769. The van der Waals surface area contributed by atoms with Crippen molar-refractivity contribution in [1.82, 2.24) is 5.32 Å². The van der Waals surface area contributed by atoms with Gasteiger partial charge in [0.15, 0.2) is 0 Å². The van der Waals surface area contributed by atoms with E-state index in [0.29, 0.717) is 12.1 Å². The molecule has 0 radical (unpaired) electrons. The first kappa shape index (κ1) is 9.81. The van der Waals surface area contributed by atoms with E-state index in [2.05, 4.69) is 5.32 Å². The summed E-state index contributed by atoms with van der Waals surface area (Å²) in [5.41, 5.74) is 0. The summed E-state index contributed by atoms with van der Waals surface area (Å²) in [5, 5.41) is 13.2. The highest BCUT2D eigenvalue weighted by Crippen LogP contribution is 2.22. The largest absolute Gasteiger partial charge is 0.392 e. The normalized spacial score (nSPS) is 40.8. The van der Waals surface area contributed by atoms with Gasteiger partial charge in [0.1, 0.15) is 0 Å². The molecule has 2 N–H and O–H groups in total. The van der Waals surface area contributed by atoms with E-state index in [1.165, 1.54) is 37.2 Å². The van der Waals surface area contributed by atoms with Crippen molar-refractivity contribution in [1.29, 1.82) is 0 Å². The lowest BCUT2D eigenvalue weighted by Gasteiger charge is -2.27. The monoisotopic (exact) mass is 201 g/mol. The second-order valence-electron chi connectivity index (χ2n) is 4.19. The highest BCUT2D eigenvalue weighted by atomic mass is 32.2. The maximum atomic E-state index is 9.65. The maximum Gasteiger partial charge on any atom is 0.0693 e. The van der Waals surface area contributed by atoms with Crippen molar-refractivity contribution in [3.63, 3.8) is 0 Å². The van der Waals surface area contributed by atoms with Crippen molar-refractivity contribution >= 4 is 11.8 Å². The molecule has 1 heterocycles. The van der Waals surface area contributed by atoms with Crippen molar-refractivity contribution in [2.45, 2.75) is 50.3 Å². The lowest BCUT2D eigenvalue weighted by molar-refractivity contribution is 0.143. The molecule has 0 aromatic carbocycles. The summed E-state index contributed by atoms with van der Waals surface area (Å²) in [7, 11) is 0. The Morgan fingerprint density at radius 2 is 2.08 bits per heavy atom. The Morgan fingerprint density at radius 3 is 2.69 bits per heavy atom. The zero-order chi connectivity index (χ0) is 9.10. The third-order valence-corrected chi connectivity index (χ3v) is 4.30. The van der Waals surface area contributed by atoms with Gasteiger partial charge in [-0.25, -0.2) is 0 Å². The Balaban J connectivity index is 1.75. The van der Waals surface area contributed by atoms with Gasteiger partial charge in [-0.15, -0.1) is 0 Å². The van der Waals surface area contributed by atoms with E-state index in [4.69, 9.17) is 0 Å². The van der Waals surface area contributed by atoms with Gasteiger partial charge in [0.2, 0.25) is 0 Å². The van der Waals surface area contributed by atoms with Gasteiger partial charge in [-0.2, -0.15) is 11.8 Å². The molecule has 0 aromatic rings. The van der Waals surface area contributed by atoms with Crippen molar-refractivity contribution in [3.05, 3.63) is 0 Å². The minimum Gasteiger partial charge on any atom is -0.392 e. The maximum absolute atomic E-state index is 9.65. The Bertz CT molecular complexity index is 159. The molecule has 13 heavy (non-hydrogen) atoms. The lowest BCUT2D eigenvalue weighted by Crippen LogP contribution is -2.44. The average Bonchev–Trinajstić information content (AvgIpc) is 2.54. The van der Waals surface area contributed by atoms with Gasteiger partial charge in [-0.3, -0.25) is 0 Å². The van der Waals surface area contributed by atoms with Crippen LogP contribution in [-0.2, 0) is 0 Å². The number of hydrogen-bond acceptors (Lipinski definition) is 3. The molecule has 2 fully saturated rings. The molecular formula is C10H19NOS. The summed E-state index contributed by atoms with van der Waals surface area (Å²) in [6.07, 6.45) is 5.92. The van der Waals surface area contributed by atoms with Crippen LogP contribution in [-0.4, -0.2) is 34.8 Å². The smallest absolute Gasteiger partial charge is 0.0693 e. The van der Waals surface area contributed by atoms with Crippen LogP contribution in [0.4, 0.5) is 0 Å². The van der Waals surface area contributed by atoms with E-state index in [9.17, 15) is 5.11 Å². The number of aliphatic hydroxyl groups excluding tert-OH is 1. The lowest BCUT2D eigenvalue weighted by atomic mass is 10.1. The summed E-state index contributed by atoms with van der Waals surface area (Å²) >= 11 is 2.04. The van der Waals surface area contributed by atoms with Crippen molar-refractivity contribution in [2.24, 2.45) is 0 Å². The van der Waals surface area contributed by atoms with Gasteiger partial charge in [-0.05, 0) is 37.9 Å². The fourth-order valence-electron chi connectivity index (χ4n) is 2.31. The predicted molar refractivity (Wildman–Crippen MR) is 57.1 cm³/mol. The quantitative estimate of drug-likeness (QED) is 0.708. The first-order valence-electron chi connectivity index (χ1n) is 5.38. The van der Waals surface area contributed by atoms with Crippen LogP contribution in [0.25, 0.3) is 0 Å². The SMILES string of the molecule is O[C@H]1CCC[C@@H]1NC1CCCSC1. The molecule has 1 aliphatic heterocycles.